The molecule has 6 nitrogen and oxygen atoms in total. The lowest BCUT2D eigenvalue weighted by Gasteiger charge is -2.37. The number of aliphatic hydroxyl groups excluding tert-OH is 1. The molecule has 0 saturated carbocycles. The molecule has 0 spiro atoms. The summed E-state index contributed by atoms with van der Waals surface area (Å²) in [5, 5.41) is 12.9. The number of aliphatic imine (C=N–C) groups is 1. The lowest BCUT2D eigenvalue weighted by atomic mass is 10.1. The van der Waals surface area contributed by atoms with Gasteiger partial charge in [-0.1, -0.05) is 24.3 Å². The van der Waals surface area contributed by atoms with E-state index in [2.05, 4.69) is 17.1 Å². The van der Waals surface area contributed by atoms with Crippen molar-refractivity contribution in [3.63, 3.8) is 0 Å². The minimum atomic E-state index is 0.0425. The molecule has 2 N–H and O–H groups in total. The second-order valence-electron chi connectivity index (χ2n) is 6.50. The van der Waals surface area contributed by atoms with Crippen molar-refractivity contribution in [1.82, 2.24) is 10.2 Å². The molecule has 2 heterocycles. The Kier molecular flexibility index (Phi) is 6.67. The Morgan fingerprint density at radius 1 is 1.24 bits per heavy atom. The van der Waals surface area contributed by atoms with Gasteiger partial charge in [0, 0.05) is 26.2 Å². The highest BCUT2D eigenvalue weighted by atomic mass is 16.5. The van der Waals surface area contributed by atoms with Crippen LogP contribution in [0.2, 0.25) is 0 Å². The first-order valence-corrected chi connectivity index (χ1v) is 9.26. The van der Waals surface area contributed by atoms with Gasteiger partial charge in [0.1, 0.15) is 6.10 Å². The molecule has 2 aliphatic rings. The number of hydrogen-bond acceptors (Lipinski definition) is 4. The Labute approximate surface area is 149 Å². The van der Waals surface area contributed by atoms with Gasteiger partial charge in [0.2, 0.25) is 0 Å². The molecule has 3 rings (SSSR count). The number of aliphatic hydroxyl groups is 1. The fourth-order valence-electron chi connectivity index (χ4n) is 3.44. The molecule has 1 aromatic carbocycles. The van der Waals surface area contributed by atoms with Crippen LogP contribution in [0.15, 0.2) is 29.3 Å². The van der Waals surface area contributed by atoms with Crippen molar-refractivity contribution in [1.29, 1.82) is 0 Å². The van der Waals surface area contributed by atoms with Gasteiger partial charge in [-0.2, -0.15) is 0 Å². The highest BCUT2D eigenvalue weighted by Gasteiger charge is 2.32. The van der Waals surface area contributed by atoms with E-state index < -0.39 is 0 Å². The van der Waals surface area contributed by atoms with E-state index in [0.717, 1.165) is 56.2 Å². The molecule has 2 saturated heterocycles. The second-order valence-corrected chi connectivity index (χ2v) is 6.50. The molecule has 2 atom stereocenters. The first-order valence-electron chi connectivity index (χ1n) is 9.26. The Hall–Kier alpha value is -1.63. The van der Waals surface area contributed by atoms with Crippen LogP contribution in [0.5, 0.6) is 0 Å². The number of guanidine groups is 1. The monoisotopic (exact) mass is 347 g/mol. The summed E-state index contributed by atoms with van der Waals surface area (Å²) in [6.45, 7) is 6.67. The SMILES string of the molecule is CCNC(=NCc1ccccc1CO)N1CCOC(C2CCCO2)C1. The lowest BCUT2D eigenvalue weighted by Crippen LogP contribution is -2.53. The van der Waals surface area contributed by atoms with Crippen LogP contribution in [0.1, 0.15) is 30.9 Å². The van der Waals surface area contributed by atoms with Gasteiger partial charge in [-0.05, 0) is 30.9 Å². The first kappa shape index (κ1) is 18.2. The highest BCUT2D eigenvalue weighted by Crippen LogP contribution is 2.21. The van der Waals surface area contributed by atoms with E-state index in [4.69, 9.17) is 14.5 Å². The molecule has 1 aromatic rings. The van der Waals surface area contributed by atoms with Gasteiger partial charge >= 0.3 is 0 Å². The second kappa shape index (κ2) is 9.17. The van der Waals surface area contributed by atoms with Crippen LogP contribution in [-0.4, -0.2) is 61.0 Å². The summed E-state index contributed by atoms with van der Waals surface area (Å²) in [6.07, 6.45) is 2.53. The van der Waals surface area contributed by atoms with Gasteiger partial charge in [0.05, 0.1) is 25.9 Å². The van der Waals surface area contributed by atoms with Crippen LogP contribution >= 0.6 is 0 Å². The molecule has 2 aliphatic heterocycles. The standard InChI is InChI=1S/C19H29N3O3/c1-2-20-19(21-12-15-6-3-4-7-16(15)14-23)22-9-11-25-18(13-22)17-8-5-10-24-17/h3-4,6-7,17-18,23H,2,5,8-14H2,1H3,(H,20,21). The summed E-state index contributed by atoms with van der Waals surface area (Å²) in [5.41, 5.74) is 1.99. The van der Waals surface area contributed by atoms with Crippen molar-refractivity contribution in [2.75, 3.05) is 32.8 Å². The third-order valence-corrected chi connectivity index (χ3v) is 4.80. The maximum Gasteiger partial charge on any atom is 0.194 e. The molecule has 6 heteroatoms. The number of nitrogens with zero attached hydrogens (tertiary/aromatic N) is 2. The molecular weight excluding hydrogens is 318 g/mol. The summed E-state index contributed by atoms with van der Waals surface area (Å²) in [6, 6.07) is 7.89. The normalized spacial score (nSPS) is 24.6. The van der Waals surface area contributed by atoms with E-state index in [9.17, 15) is 5.11 Å². The summed E-state index contributed by atoms with van der Waals surface area (Å²) in [4.78, 5) is 7.07. The van der Waals surface area contributed by atoms with E-state index in [-0.39, 0.29) is 18.8 Å². The Morgan fingerprint density at radius 2 is 2.04 bits per heavy atom. The zero-order chi connectivity index (χ0) is 17.5. The molecule has 25 heavy (non-hydrogen) atoms. The lowest BCUT2D eigenvalue weighted by molar-refractivity contribution is -0.0817. The summed E-state index contributed by atoms with van der Waals surface area (Å²) in [5.74, 6) is 0.904. The molecule has 138 valence electrons. The number of benzene rings is 1. The average Bonchev–Trinajstić information content (AvgIpc) is 3.20. The molecule has 0 radical (unpaired) electrons. The predicted octanol–water partition coefficient (Wildman–Crippen LogP) is 1.52. The molecular formula is C19H29N3O3. The molecule has 0 bridgehead atoms. The average molecular weight is 347 g/mol. The fraction of sp³-hybridized carbons (Fsp3) is 0.632. The quantitative estimate of drug-likeness (QED) is 0.625. The van der Waals surface area contributed by atoms with Gasteiger partial charge in [0.15, 0.2) is 5.96 Å². The van der Waals surface area contributed by atoms with Crippen molar-refractivity contribution in [2.45, 2.75) is 45.1 Å². The number of nitrogens with one attached hydrogen (secondary N) is 1. The summed E-state index contributed by atoms with van der Waals surface area (Å²) in [7, 11) is 0. The van der Waals surface area contributed by atoms with E-state index in [1.165, 1.54) is 0 Å². The van der Waals surface area contributed by atoms with Crippen LogP contribution in [0.4, 0.5) is 0 Å². The number of morpholine rings is 1. The van der Waals surface area contributed by atoms with Crippen molar-refractivity contribution in [2.24, 2.45) is 4.99 Å². The minimum Gasteiger partial charge on any atom is -0.392 e. The molecule has 0 amide bonds. The zero-order valence-electron chi connectivity index (χ0n) is 15.0. The van der Waals surface area contributed by atoms with Gasteiger partial charge < -0.3 is 24.8 Å². The van der Waals surface area contributed by atoms with E-state index in [0.29, 0.717) is 13.2 Å². The van der Waals surface area contributed by atoms with E-state index in [1.54, 1.807) is 0 Å². The summed E-state index contributed by atoms with van der Waals surface area (Å²) >= 11 is 0. The fourth-order valence-corrected chi connectivity index (χ4v) is 3.44. The van der Waals surface area contributed by atoms with Crippen LogP contribution in [-0.2, 0) is 22.6 Å². The van der Waals surface area contributed by atoms with Crippen LogP contribution < -0.4 is 5.32 Å². The highest BCUT2D eigenvalue weighted by molar-refractivity contribution is 5.80. The maximum atomic E-state index is 9.49. The Bertz CT molecular complexity index is 573. The van der Waals surface area contributed by atoms with Crippen molar-refractivity contribution in [3.05, 3.63) is 35.4 Å². The third-order valence-electron chi connectivity index (χ3n) is 4.80. The minimum absolute atomic E-state index is 0.0425. The molecule has 0 aromatic heterocycles. The van der Waals surface area contributed by atoms with Crippen molar-refractivity contribution < 1.29 is 14.6 Å². The van der Waals surface area contributed by atoms with Crippen LogP contribution in [0, 0.1) is 0 Å². The van der Waals surface area contributed by atoms with Crippen LogP contribution in [0.25, 0.3) is 0 Å². The Morgan fingerprint density at radius 3 is 2.76 bits per heavy atom. The molecule has 0 aliphatic carbocycles. The predicted molar refractivity (Wildman–Crippen MR) is 97.5 cm³/mol. The number of hydrogen-bond donors (Lipinski definition) is 2. The zero-order valence-corrected chi connectivity index (χ0v) is 15.0. The first-order chi connectivity index (χ1) is 12.3. The van der Waals surface area contributed by atoms with E-state index in [1.807, 2.05) is 24.3 Å². The number of ether oxygens (including phenoxy) is 2. The van der Waals surface area contributed by atoms with Crippen LogP contribution in [0.3, 0.4) is 0 Å². The Balaban J connectivity index is 1.68. The topological polar surface area (TPSA) is 66.3 Å². The van der Waals surface area contributed by atoms with E-state index >= 15 is 0 Å². The van der Waals surface area contributed by atoms with Gasteiger partial charge in [0.25, 0.3) is 0 Å². The van der Waals surface area contributed by atoms with Crippen molar-refractivity contribution in [3.8, 4) is 0 Å². The largest absolute Gasteiger partial charge is 0.392 e. The van der Waals surface area contributed by atoms with Gasteiger partial charge in [-0.15, -0.1) is 0 Å². The van der Waals surface area contributed by atoms with Crippen molar-refractivity contribution >= 4 is 5.96 Å². The molecule has 2 unspecified atom stereocenters. The smallest absolute Gasteiger partial charge is 0.194 e. The summed E-state index contributed by atoms with van der Waals surface area (Å²) < 4.78 is 11.7. The molecule has 2 fully saturated rings. The van der Waals surface area contributed by atoms with Gasteiger partial charge in [-0.3, -0.25) is 0 Å². The number of rotatable bonds is 5. The maximum absolute atomic E-state index is 9.49. The third kappa shape index (κ3) is 4.71. The van der Waals surface area contributed by atoms with Gasteiger partial charge in [-0.25, -0.2) is 4.99 Å².